The predicted octanol–water partition coefficient (Wildman–Crippen LogP) is 2.53. The van der Waals surface area contributed by atoms with Crippen LogP contribution in [0.4, 0.5) is 11.5 Å². The zero-order chi connectivity index (χ0) is 19.5. The van der Waals surface area contributed by atoms with E-state index in [9.17, 15) is 4.79 Å². The van der Waals surface area contributed by atoms with Gasteiger partial charge in [0.25, 0.3) is 0 Å². The molecule has 2 aromatic heterocycles. The van der Waals surface area contributed by atoms with E-state index in [4.69, 9.17) is 0 Å². The monoisotopic (exact) mass is 377 g/mol. The second-order valence-corrected chi connectivity index (χ2v) is 7.16. The molecule has 1 N–H and O–H groups in total. The van der Waals surface area contributed by atoms with Crippen LogP contribution in [0.1, 0.15) is 24.0 Å². The maximum Gasteiger partial charge on any atom is 0.229 e. The number of rotatable bonds is 4. The van der Waals surface area contributed by atoms with Crippen molar-refractivity contribution in [1.29, 1.82) is 0 Å². The number of hydrogen-bond donors (Lipinski definition) is 1. The van der Waals surface area contributed by atoms with Gasteiger partial charge in [-0.25, -0.2) is 9.67 Å². The summed E-state index contributed by atoms with van der Waals surface area (Å²) in [6.45, 7) is 5.61. The molecule has 144 valence electrons. The van der Waals surface area contributed by atoms with E-state index >= 15 is 0 Å². The third kappa shape index (κ3) is 3.85. The van der Waals surface area contributed by atoms with Crippen molar-refractivity contribution < 1.29 is 4.79 Å². The molecule has 0 bridgehead atoms. The quantitative estimate of drug-likeness (QED) is 0.752. The SMILES string of the molecule is Cc1ccc(NC(=O)C2CCCN(c3ccc(-n4cncn4)nn3)C2)cc1C. The van der Waals surface area contributed by atoms with Crippen molar-refractivity contribution in [3.8, 4) is 5.82 Å². The second kappa shape index (κ2) is 7.75. The van der Waals surface area contributed by atoms with E-state index in [1.807, 2.05) is 30.3 Å². The van der Waals surface area contributed by atoms with Crippen molar-refractivity contribution in [1.82, 2.24) is 25.0 Å². The highest BCUT2D eigenvalue weighted by Gasteiger charge is 2.27. The normalized spacial score (nSPS) is 16.8. The standard InChI is InChI=1S/C20H23N7O/c1-14-5-6-17(10-15(14)2)23-20(28)16-4-3-9-26(11-16)18-7-8-19(25-24-18)27-13-21-12-22-27/h5-8,10,12-13,16H,3-4,9,11H2,1-2H3,(H,23,28). The van der Waals surface area contributed by atoms with Gasteiger partial charge in [0.15, 0.2) is 11.6 Å². The minimum atomic E-state index is -0.0767. The Balaban J connectivity index is 1.42. The zero-order valence-electron chi connectivity index (χ0n) is 16.0. The van der Waals surface area contributed by atoms with Crippen LogP contribution in [0.15, 0.2) is 43.0 Å². The highest BCUT2D eigenvalue weighted by atomic mass is 16.1. The van der Waals surface area contributed by atoms with E-state index in [1.54, 1.807) is 11.0 Å². The van der Waals surface area contributed by atoms with Crippen LogP contribution in [0.25, 0.3) is 5.82 Å². The van der Waals surface area contributed by atoms with Gasteiger partial charge in [0.1, 0.15) is 12.7 Å². The van der Waals surface area contributed by atoms with E-state index < -0.39 is 0 Å². The number of nitrogens with one attached hydrogen (secondary N) is 1. The highest BCUT2D eigenvalue weighted by Crippen LogP contribution is 2.23. The molecule has 1 saturated heterocycles. The Morgan fingerprint density at radius 2 is 1.93 bits per heavy atom. The first-order chi connectivity index (χ1) is 13.6. The first-order valence-corrected chi connectivity index (χ1v) is 9.42. The average Bonchev–Trinajstić information content (AvgIpc) is 3.26. The summed E-state index contributed by atoms with van der Waals surface area (Å²) in [5.74, 6) is 1.36. The number of piperidine rings is 1. The number of aryl methyl sites for hydroxylation is 2. The van der Waals surface area contributed by atoms with Gasteiger partial charge >= 0.3 is 0 Å². The fourth-order valence-electron chi connectivity index (χ4n) is 3.40. The zero-order valence-corrected chi connectivity index (χ0v) is 16.0. The molecule has 1 aromatic carbocycles. The van der Waals surface area contributed by atoms with Crippen LogP contribution in [0.5, 0.6) is 0 Å². The van der Waals surface area contributed by atoms with Gasteiger partial charge in [-0.2, -0.15) is 5.10 Å². The summed E-state index contributed by atoms with van der Waals surface area (Å²) < 4.78 is 1.56. The number of carbonyl (C=O) groups is 1. The Labute approximate surface area is 163 Å². The highest BCUT2D eigenvalue weighted by molar-refractivity contribution is 5.93. The largest absolute Gasteiger partial charge is 0.354 e. The van der Waals surface area contributed by atoms with Gasteiger partial charge < -0.3 is 10.2 Å². The van der Waals surface area contributed by atoms with E-state index in [0.717, 1.165) is 30.9 Å². The van der Waals surface area contributed by atoms with Gasteiger partial charge in [0, 0.05) is 18.8 Å². The molecular formula is C20H23N7O. The molecule has 1 unspecified atom stereocenters. The Morgan fingerprint density at radius 3 is 2.64 bits per heavy atom. The van der Waals surface area contributed by atoms with Gasteiger partial charge in [-0.05, 0) is 62.1 Å². The lowest BCUT2D eigenvalue weighted by Crippen LogP contribution is -2.41. The number of nitrogens with zero attached hydrogens (tertiary/aromatic N) is 6. The second-order valence-electron chi connectivity index (χ2n) is 7.16. The lowest BCUT2D eigenvalue weighted by molar-refractivity contribution is -0.120. The van der Waals surface area contributed by atoms with Crippen LogP contribution in [-0.4, -0.2) is 44.0 Å². The summed E-state index contributed by atoms with van der Waals surface area (Å²) in [7, 11) is 0. The molecule has 1 aliphatic rings. The lowest BCUT2D eigenvalue weighted by atomic mass is 9.97. The van der Waals surface area contributed by atoms with E-state index in [-0.39, 0.29) is 11.8 Å². The topological polar surface area (TPSA) is 88.8 Å². The van der Waals surface area contributed by atoms with E-state index in [1.165, 1.54) is 17.5 Å². The summed E-state index contributed by atoms with van der Waals surface area (Å²) in [5, 5.41) is 15.6. The summed E-state index contributed by atoms with van der Waals surface area (Å²) in [5.41, 5.74) is 3.24. The van der Waals surface area contributed by atoms with Crippen molar-refractivity contribution in [2.45, 2.75) is 26.7 Å². The van der Waals surface area contributed by atoms with E-state index in [0.29, 0.717) is 12.4 Å². The van der Waals surface area contributed by atoms with Crippen molar-refractivity contribution in [3.63, 3.8) is 0 Å². The molecule has 1 aliphatic heterocycles. The number of benzene rings is 1. The Bertz CT molecular complexity index is 953. The molecule has 28 heavy (non-hydrogen) atoms. The maximum atomic E-state index is 12.8. The first kappa shape index (κ1) is 18.1. The van der Waals surface area contributed by atoms with E-state index in [2.05, 4.69) is 44.3 Å². The van der Waals surface area contributed by atoms with Crippen molar-refractivity contribution in [3.05, 3.63) is 54.1 Å². The van der Waals surface area contributed by atoms with Gasteiger partial charge in [0.2, 0.25) is 5.91 Å². The van der Waals surface area contributed by atoms with Gasteiger partial charge in [-0.3, -0.25) is 4.79 Å². The molecular weight excluding hydrogens is 354 g/mol. The summed E-state index contributed by atoms with van der Waals surface area (Å²) in [6, 6.07) is 9.77. The molecule has 3 aromatic rings. The number of hydrogen-bond acceptors (Lipinski definition) is 6. The Kier molecular flexibility index (Phi) is 5.01. The van der Waals surface area contributed by atoms with Crippen LogP contribution in [-0.2, 0) is 4.79 Å². The molecule has 0 aliphatic carbocycles. The van der Waals surface area contributed by atoms with Gasteiger partial charge in [-0.1, -0.05) is 6.07 Å². The molecule has 0 spiro atoms. The van der Waals surface area contributed by atoms with Crippen LogP contribution in [0.3, 0.4) is 0 Å². The fourth-order valence-corrected chi connectivity index (χ4v) is 3.40. The number of anilines is 2. The van der Waals surface area contributed by atoms with Crippen LogP contribution < -0.4 is 10.2 Å². The number of carbonyl (C=O) groups excluding carboxylic acids is 1. The molecule has 8 heteroatoms. The molecule has 3 heterocycles. The van der Waals surface area contributed by atoms with Crippen molar-refractivity contribution in [2.75, 3.05) is 23.3 Å². The smallest absolute Gasteiger partial charge is 0.229 e. The third-order valence-electron chi connectivity index (χ3n) is 5.18. The molecule has 4 rings (SSSR count). The van der Waals surface area contributed by atoms with Crippen molar-refractivity contribution in [2.24, 2.45) is 5.92 Å². The average molecular weight is 377 g/mol. The minimum absolute atomic E-state index is 0.0557. The fraction of sp³-hybridized carbons (Fsp3) is 0.350. The van der Waals surface area contributed by atoms with Crippen LogP contribution in [0, 0.1) is 19.8 Å². The number of aromatic nitrogens is 5. The molecule has 1 atom stereocenters. The molecule has 8 nitrogen and oxygen atoms in total. The summed E-state index contributed by atoms with van der Waals surface area (Å²) >= 11 is 0. The van der Waals surface area contributed by atoms with Crippen LogP contribution in [0.2, 0.25) is 0 Å². The molecule has 0 radical (unpaired) electrons. The van der Waals surface area contributed by atoms with Gasteiger partial charge in [0.05, 0.1) is 5.92 Å². The number of amides is 1. The summed E-state index contributed by atoms with van der Waals surface area (Å²) in [4.78, 5) is 18.8. The minimum Gasteiger partial charge on any atom is -0.354 e. The third-order valence-corrected chi connectivity index (χ3v) is 5.18. The molecule has 1 fully saturated rings. The Morgan fingerprint density at radius 1 is 1.11 bits per heavy atom. The first-order valence-electron chi connectivity index (χ1n) is 9.42. The Hall–Kier alpha value is -3.29. The predicted molar refractivity (Wildman–Crippen MR) is 106 cm³/mol. The maximum absolute atomic E-state index is 12.8. The lowest BCUT2D eigenvalue weighted by Gasteiger charge is -2.32. The molecule has 0 saturated carbocycles. The molecule has 1 amide bonds. The van der Waals surface area contributed by atoms with Crippen LogP contribution >= 0.6 is 0 Å². The van der Waals surface area contributed by atoms with Crippen molar-refractivity contribution >= 4 is 17.4 Å². The van der Waals surface area contributed by atoms with Gasteiger partial charge in [-0.15, -0.1) is 10.2 Å². The summed E-state index contributed by atoms with van der Waals surface area (Å²) in [6.07, 6.45) is 4.85.